The van der Waals surface area contributed by atoms with Gasteiger partial charge in [0.15, 0.2) is 0 Å². The van der Waals surface area contributed by atoms with E-state index in [2.05, 4.69) is 15.6 Å². The van der Waals surface area contributed by atoms with E-state index in [0.717, 1.165) is 5.56 Å². The molecule has 24 heavy (non-hydrogen) atoms. The maximum absolute atomic E-state index is 13.1. The minimum Gasteiger partial charge on any atom is -0.439 e. The van der Waals surface area contributed by atoms with Crippen molar-refractivity contribution in [3.05, 3.63) is 54.0 Å². The Hall–Kier alpha value is -2.63. The molecule has 0 fully saturated rings. The molecule has 1 aromatic carbocycles. The van der Waals surface area contributed by atoms with Crippen LogP contribution >= 0.6 is 0 Å². The second-order valence-corrected chi connectivity index (χ2v) is 5.92. The van der Waals surface area contributed by atoms with Crippen LogP contribution in [0, 0.1) is 11.7 Å². The van der Waals surface area contributed by atoms with E-state index in [1.54, 1.807) is 30.5 Å². The monoisotopic (exact) mass is 331 g/mol. The van der Waals surface area contributed by atoms with E-state index in [4.69, 9.17) is 4.74 Å². The lowest BCUT2D eigenvalue weighted by atomic mass is 10.1. The van der Waals surface area contributed by atoms with E-state index in [0.29, 0.717) is 24.1 Å². The molecule has 1 unspecified atom stereocenters. The molecular formula is C18H22FN3O2. The number of pyridine rings is 1. The molecule has 0 aliphatic heterocycles. The summed E-state index contributed by atoms with van der Waals surface area (Å²) in [5.74, 6) is 0.754. The number of benzene rings is 1. The number of rotatable bonds is 6. The second kappa shape index (κ2) is 8.29. The van der Waals surface area contributed by atoms with Gasteiger partial charge in [0.2, 0.25) is 5.88 Å². The fraction of sp³-hybridized carbons (Fsp3) is 0.333. The van der Waals surface area contributed by atoms with Crippen LogP contribution in [0.4, 0.5) is 9.18 Å². The molecule has 2 aromatic rings. The van der Waals surface area contributed by atoms with Crippen LogP contribution < -0.4 is 15.4 Å². The van der Waals surface area contributed by atoms with Crippen molar-refractivity contribution < 1.29 is 13.9 Å². The van der Waals surface area contributed by atoms with Crippen LogP contribution in [0.15, 0.2) is 42.6 Å². The van der Waals surface area contributed by atoms with Gasteiger partial charge in [-0.2, -0.15) is 0 Å². The summed E-state index contributed by atoms with van der Waals surface area (Å²) in [5.41, 5.74) is 0.842. The first-order valence-electron chi connectivity index (χ1n) is 7.87. The number of hydrogen-bond acceptors (Lipinski definition) is 3. The first-order chi connectivity index (χ1) is 11.4. The fourth-order valence-electron chi connectivity index (χ4n) is 1.83. The Morgan fingerprint density at radius 1 is 1.25 bits per heavy atom. The van der Waals surface area contributed by atoms with Crippen LogP contribution in [0.1, 0.15) is 26.3 Å². The molecule has 1 heterocycles. The van der Waals surface area contributed by atoms with E-state index in [-0.39, 0.29) is 17.9 Å². The second-order valence-electron chi connectivity index (χ2n) is 5.92. The van der Waals surface area contributed by atoms with Gasteiger partial charge in [0.05, 0.1) is 0 Å². The van der Waals surface area contributed by atoms with E-state index < -0.39 is 0 Å². The Bertz CT molecular complexity index is 674. The zero-order valence-electron chi connectivity index (χ0n) is 14.0. The molecule has 1 aromatic heterocycles. The van der Waals surface area contributed by atoms with Crippen molar-refractivity contribution >= 4 is 6.03 Å². The largest absolute Gasteiger partial charge is 0.439 e. The minimum atomic E-state index is -0.366. The zero-order chi connectivity index (χ0) is 17.5. The summed E-state index contributed by atoms with van der Waals surface area (Å²) in [6, 6.07) is 9.23. The molecule has 2 rings (SSSR count). The maximum atomic E-state index is 13.1. The summed E-state index contributed by atoms with van der Waals surface area (Å²) < 4.78 is 18.6. The van der Waals surface area contributed by atoms with E-state index in [1.165, 1.54) is 12.1 Å². The molecule has 0 bridgehead atoms. The van der Waals surface area contributed by atoms with Gasteiger partial charge in [-0.15, -0.1) is 0 Å². The van der Waals surface area contributed by atoms with Gasteiger partial charge >= 0.3 is 6.03 Å². The number of nitrogens with zero attached hydrogens (tertiary/aromatic N) is 1. The predicted molar refractivity (Wildman–Crippen MR) is 90.4 cm³/mol. The molecule has 6 heteroatoms. The quantitative estimate of drug-likeness (QED) is 0.845. The number of urea groups is 1. The molecule has 0 aliphatic rings. The van der Waals surface area contributed by atoms with Crippen molar-refractivity contribution in [3.63, 3.8) is 0 Å². The highest BCUT2D eigenvalue weighted by molar-refractivity contribution is 5.74. The number of ether oxygens (including phenoxy) is 1. The topological polar surface area (TPSA) is 63.2 Å². The van der Waals surface area contributed by atoms with Crippen molar-refractivity contribution in [1.82, 2.24) is 15.6 Å². The van der Waals surface area contributed by atoms with Crippen LogP contribution in [0.2, 0.25) is 0 Å². The van der Waals surface area contributed by atoms with E-state index >= 15 is 0 Å². The van der Waals surface area contributed by atoms with Crippen molar-refractivity contribution in [2.45, 2.75) is 33.4 Å². The van der Waals surface area contributed by atoms with Gasteiger partial charge in [-0.3, -0.25) is 0 Å². The predicted octanol–water partition coefficient (Wildman–Crippen LogP) is 3.86. The van der Waals surface area contributed by atoms with E-state index in [1.807, 2.05) is 20.8 Å². The Morgan fingerprint density at radius 3 is 2.67 bits per heavy atom. The van der Waals surface area contributed by atoms with Gasteiger partial charge in [0.1, 0.15) is 11.6 Å². The van der Waals surface area contributed by atoms with Crippen LogP contribution in [0.3, 0.4) is 0 Å². The van der Waals surface area contributed by atoms with E-state index in [9.17, 15) is 9.18 Å². The Morgan fingerprint density at radius 2 is 2.04 bits per heavy atom. The molecule has 2 amide bonds. The number of carbonyl (C=O) groups is 1. The lowest BCUT2D eigenvalue weighted by molar-refractivity contribution is 0.234. The van der Waals surface area contributed by atoms with Gasteiger partial charge in [-0.05, 0) is 30.5 Å². The molecule has 0 aliphatic carbocycles. The molecule has 0 radical (unpaired) electrons. The number of hydrogen-bond donors (Lipinski definition) is 2. The summed E-state index contributed by atoms with van der Waals surface area (Å²) in [7, 11) is 0. The van der Waals surface area contributed by atoms with Crippen LogP contribution in [-0.2, 0) is 6.54 Å². The highest BCUT2D eigenvalue weighted by atomic mass is 19.1. The van der Waals surface area contributed by atoms with Crippen LogP contribution in [-0.4, -0.2) is 17.1 Å². The summed E-state index contributed by atoms with van der Waals surface area (Å²) in [6.45, 7) is 6.42. The van der Waals surface area contributed by atoms with Crippen molar-refractivity contribution in [3.8, 4) is 11.6 Å². The van der Waals surface area contributed by atoms with Crippen molar-refractivity contribution in [1.29, 1.82) is 0 Å². The summed E-state index contributed by atoms with van der Waals surface area (Å²) >= 11 is 0. The maximum Gasteiger partial charge on any atom is 0.315 e. The SMILES string of the molecule is CC(C)C(C)NC(=O)NCc1ccc(Oc2cccc(F)c2)nc1. The van der Waals surface area contributed by atoms with Gasteiger partial charge < -0.3 is 15.4 Å². The summed E-state index contributed by atoms with van der Waals surface area (Å²) in [5, 5.41) is 5.65. The lowest BCUT2D eigenvalue weighted by Crippen LogP contribution is -2.42. The molecule has 128 valence electrons. The molecule has 0 spiro atoms. The lowest BCUT2D eigenvalue weighted by Gasteiger charge is -2.17. The smallest absolute Gasteiger partial charge is 0.315 e. The van der Waals surface area contributed by atoms with Gasteiger partial charge in [-0.1, -0.05) is 26.0 Å². The summed E-state index contributed by atoms with van der Waals surface area (Å²) in [6.07, 6.45) is 1.61. The first kappa shape index (κ1) is 17.7. The first-order valence-corrected chi connectivity index (χ1v) is 7.87. The fourth-order valence-corrected chi connectivity index (χ4v) is 1.83. The Kier molecular flexibility index (Phi) is 6.12. The number of amides is 2. The van der Waals surface area contributed by atoms with Gasteiger partial charge in [0, 0.05) is 30.9 Å². The highest BCUT2D eigenvalue weighted by Gasteiger charge is 2.10. The normalized spacial score (nSPS) is 11.9. The van der Waals surface area contributed by atoms with Crippen LogP contribution in [0.5, 0.6) is 11.6 Å². The Labute approximate surface area is 141 Å². The molecule has 0 saturated heterocycles. The minimum absolute atomic E-state index is 0.102. The molecule has 0 saturated carbocycles. The van der Waals surface area contributed by atoms with Gasteiger partial charge in [-0.25, -0.2) is 14.2 Å². The Balaban J connectivity index is 1.85. The molecular weight excluding hydrogens is 309 g/mol. The summed E-state index contributed by atoms with van der Waals surface area (Å²) in [4.78, 5) is 15.9. The molecule has 1 atom stereocenters. The van der Waals surface area contributed by atoms with Crippen LogP contribution in [0.25, 0.3) is 0 Å². The number of nitrogens with one attached hydrogen (secondary N) is 2. The number of aromatic nitrogens is 1. The van der Waals surface area contributed by atoms with Gasteiger partial charge in [0.25, 0.3) is 0 Å². The molecule has 2 N–H and O–H groups in total. The molecule has 5 nitrogen and oxygen atoms in total. The average molecular weight is 331 g/mol. The zero-order valence-corrected chi connectivity index (χ0v) is 14.0. The third kappa shape index (κ3) is 5.53. The van der Waals surface area contributed by atoms with Crippen molar-refractivity contribution in [2.24, 2.45) is 5.92 Å². The van der Waals surface area contributed by atoms with Crippen molar-refractivity contribution in [2.75, 3.05) is 0 Å². The number of halogens is 1. The third-order valence-corrected chi connectivity index (χ3v) is 3.63. The number of carbonyl (C=O) groups excluding carboxylic acids is 1. The average Bonchev–Trinajstić information content (AvgIpc) is 2.54. The standard InChI is InChI=1S/C18H22FN3O2/c1-12(2)13(3)22-18(23)21-11-14-7-8-17(20-10-14)24-16-6-4-5-15(19)9-16/h4-10,12-13H,11H2,1-3H3,(H2,21,22,23). The highest BCUT2D eigenvalue weighted by Crippen LogP contribution is 2.19. The third-order valence-electron chi connectivity index (χ3n) is 3.63.